The van der Waals surface area contributed by atoms with Crippen LogP contribution < -0.4 is 9.47 Å². The third kappa shape index (κ3) is 5.05. The van der Waals surface area contributed by atoms with Gasteiger partial charge in [-0.2, -0.15) is 0 Å². The third-order valence-corrected chi connectivity index (χ3v) is 4.00. The average Bonchev–Trinajstić information content (AvgIpc) is 2.72. The minimum Gasteiger partial charge on any atom is -0.496 e. The van der Waals surface area contributed by atoms with E-state index in [0.29, 0.717) is 17.1 Å². The molecule has 0 aromatic heterocycles. The Morgan fingerprint density at radius 3 is 2.44 bits per heavy atom. The van der Waals surface area contributed by atoms with Gasteiger partial charge >= 0.3 is 0 Å². The monoisotopic (exact) mass is 362 g/mol. The number of hydrogen-bond acceptors (Lipinski definition) is 3. The molecule has 4 heteroatoms. The van der Waals surface area contributed by atoms with E-state index >= 15 is 0 Å². The molecule has 0 fully saturated rings. The quantitative estimate of drug-likeness (QED) is 0.422. The number of methoxy groups -OCH3 is 1. The molecule has 0 atom stereocenters. The lowest BCUT2D eigenvalue weighted by Gasteiger charge is -2.11. The van der Waals surface area contributed by atoms with Crippen molar-refractivity contribution in [3.05, 3.63) is 101 Å². The van der Waals surface area contributed by atoms with E-state index in [1.54, 1.807) is 43.5 Å². The first-order chi connectivity index (χ1) is 13.2. The standard InChI is InChI=1S/C23H19FO3/c1-26-23-14-8-17(7-13-22(25)18-5-3-2-4-6-18)15-19(23)16-27-21-11-9-20(24)10-12-21/h2-15H,16H2,1H3. The normalized spacial score (nSPS) is 10.7. The van der Waals surface area contributed by atoms with Gasteiger partial charge in [-0.1, -0.05) is 42.5 Å². The molecular formula is C23H19FO3. The summed E-state index contributed by atoms with van der Waals surface area (Å²) in [5.74, 6) is 0.882. The minimum absolute atomic E-state index is 0.0597. The molecule has 0 aliphatic heterocycles. The second kappa shape index (κ2) is 8.81. The lowest BCUT2D eigenvalue weighted by Crippen LogP contribution is -1.99. The summed E-state index contributed by atoms with van der Waals surface area (Å²) >= 11 is 0. The van der Waals surface area contributed by atoms with Gasteiger partial charge in [0, 0.05) is 11.1 Å². The summed E-state index contributed by atoms with van der Waals surface area (Å²) in [4.78, 5) is 12.2. The highest BCUT2D eigenvalue weighted by Crippen LogP contribution is 2.23. The number of benzene rings is 3. The van der Waals surface area contributed by atoms with E-state index in [-0.39, 0.29) is 18.2 Å². The molecule has 3 aromatic rings. The van der Waals surface area contributed by atoms with Crippen molar-refractivity contribution in [1.29, 1.82) is 0 Å². The van der Waals surface area contributed by atoms with Crippen LogP contribution in [0.2, 0.25) is 0 Å². The van der Waals surface area contributed by atoms with Gasteiger partial charge in [0.05, 0.1) is 7.11 Å². The highest BCUT2D eigenvalue weighted by molar-refractivity contribution is 6.06. The van der Waals surface area contributed by atoms with E-state index in [2.05, 4.69) is 0 Å². The maximum atomic E-state index is 13.0. The molecule has 0 spiro atoms. The molecular weight excluding hydrogens is 343 g/mol. The Balaban J connectivity index is 1.73. The zero-order valence-electron chi connectivity index (χ0n) is 14.9. The highest BCUT2D eigenvalue weighted by atomic mass is 19.1. The summed E-state index contributed by atoms with van der Waals surface area (Å²) < 4.78 is 24.1. The van der Waals surface area contributed by atoms with Crippen LogP contribution in [0.25, 0.3) is 6.08 Å². The van der Waals surface area contributed by atoms with Crippen LogP contribution in [0, 0.1) is 5.82 Å². The van der Waals surface area contributed by atoms with Gasteiger partial charge in [0.25, 0.3) is 0 Å². The second-order valence-corrected chi connectivity index (χ2v) is 5.88. The third-order valence-electron chi connectivity index (χ3n) is 4.00. The number of ketones is 1. The molecule has 3 rings (SSSR count). The number of carbonyl (C=O) groups excluding carboxylic acids is 1. The van der Waals surface area contributed by atoms with E-state index in [1.807, 2.05) is 36.4 Å². The Labute approximate surface area is 157 Å². The zero-order chi connectivity index (χ0) is 19.1. The summed E-state index contributed by atoms with van der Waals surface area (Å²) in [6, 6.07) is 20.5. The van der Waals surface area contributed by atoms with Crippen molar-refractivity contribution in [3.8, 4) is 11.5 Å². The van der Waals surface area contributed by atoms with Crippen LogP contribution in [0.4, 0.5) is 4.39 Å². The Morgan fingerprint density at radius 2 is 1.74 bits per heavy atom. The van der Waals surface area contributed by atoms with Gasteiger partial charge in [-0.25, -0.2) is 4.39 Å². The maximum absolute atomic E-state index is 13.0. The molecule has 0 unspecified atom stereocenters. The molecule has 0 saturated carbocycles. The van der Waals surface area contributed by atoms with E-state index in [1.165, 1.54) is 12.1 Å². The number of hydrogen-bond donors (Lipinski definition) is 0. The number of rotatable bonds is 7. The fraction of sp³-hybridized carbons (Fsp3) is 0.0870. The number of halogens is 1. The molecule has 136 valence electrons. The van der Waals surface area contributed by atoms with Crippen LogP contribution in [0.1, 0.15) is 21.5 Å². The van der Waals surface area contributed by atoms with Crippen LogP contribution in [-0.2, 0) is 6.61 Å². The van der Waals surface area contributed by atoms with Crippen molar-refractivity contribution in [2.24, 2.45) is 0 Å². The van der Waals surface area contributed by atoms with Gasteiger partial charge in [-0.3, -0.25) is 4.79 Å². The van der Waals surface area contributed by atoms with E-state index < -0.39 is 0 Å². The maximum Gasteiger partial charge on any atom is 0.185 e. The molecule has 0 aliphatic rings. The van der Waals surface area contributed by atoms with Crippen molar-refractivity contribution >= 4 is 11.9 Å². The van der Waals surface area contributed by atoms with Crippen LogP contribution in [0.15, 0.2) is 78.9 Å². The van der Waals surface area contributed by atoms with Gasteiger partial charge < -0.3 is 9.47 Å². The van der Waals surface area contributed by atoms with E-state index in [9.17, 15) is 9.18 Å². The Morgan fingerprint density at radius 1 is 1.00 bits per heavy atom. The van der Waals surface area contributed by atoms with Gasteiger partial charge in [-0.05, 0) is 48.0 Å². The fourth-order valence-corrected chi connectivity index (χ4v) is 2.58. The van der Waals surface area contributed by atoms with E-state index in [4.69, 9.17) is 9.47 Å². The topological polar surface area (TPSA) is 35.5 Å². The van der Waals surface area contributed by atoms with E-state index in [0.717, 1.165) is 11.1 Å². The Kier molecular flexibility index (Phi) is 6.00. The van der Waals surface area contributed by atoms with Crippen molar-refractivity contribution in [1.82, 2.24) is 0 Å². The molecule has 3 nitrogen and oxygen atoms in total. The van der Waals surface area contributed by atoms with Crippen molar-refractivity contribution in [3.63, 3.8) is 0 Å². The smallest absolute Gasteiger partial charge is 0.185 e. The molecule has 0 N–H and O–H groups in total. The fourth-order valence-electron chi connectivity index (χ4n) is 2.58. The highest BCUT2D eigenvalue weighted by Gasteiger charge is 2.06. The molecule has 0 radical (unpaired) electrons. The molecule has 27 heavy (non-hydrogen) atoms. The zero-order valence-corrected chi connectivity index (χ0v) is 14.9. The van der Waals surface area contributed by atoms with Crippen molar-refractivity contribution < 1.29 is 18.7 Å². The molecule has 0 amide bonds. The van der Waals surface area contributed by atoms with Crippen LogP contribution in [0.3, 0.4) is 0 Å². The summed E-state index contributed by atoms with van der Waals surface area (Å²) in [7, 11) is 1.59. The predicted molar refractivity (Wildman–Crippen MR) is 104 cm³/mol. The number of ether oxygens (including phenoxy) is 2. The first-order valence-electron chi connectivity index (χ1n) is 8.48. The lowest BCUT2D eigenvalue weighted by molar-refractivity contribution is 0.104. The largest absolute Gasteiger partial charge is 0.496 e. The molecule has 0 bridgehead atoms. The van der Waals surface area contributed by atoms with Crippen LogP contribution in [-0.4, -0.2) is 12.9 Å². The molecule has 0 saturated heterocycles. The van der Waals surface area contributed by atoms with Crippen LogP contribution >= 0.6 is 0 Å². The van der Waals surface area contributed by atoms with Crippen LogP contribution in [0.5, 0.6) is 11.5 Å². The van der Waals surface area contributed by atoms with Gasteiger partial charge in [0.2, 0.25) is 0 Å². The van der Waals surface area contributed by atoms with Gasteiger partial charge in [0.15, 0.2) is 5.78 Å². The Hall–Kier alpha value is -3.40. The molecule has 0 aliphatic carbocycles. The summed E-state index contributed by atoms with van der Waals surface area (Å²) in [6.07, 6.45) is 3.30. The van der Waals surface area contributed by atoms with Crippen molar-refractivity contribution in [2.45, 2.75) is 6.61 Å². The average molecular weight is 362 g/mol. The van der Waals surface area contributed by atoms with Gasteiger partial charge in [-0.15, -0.1) is 0 Å². The summed E-state index contributed by atoms with van der Waals surface area (Å²) in [5, 5.41) is 0. The Bertz CT molecular complexity index is 932. The lowest BCUT2D eigenvalue weighted by atomic mass is 10.1. The molecule has 3 aromatic carbocycles. The summed E-state index contributed by atoms with van der Waals surface area (Å²) in [5.41, 5.74) is 2.33. The first-order valence-corrected chi connectivity index (χ1v) is 8.48. The van der Waals surface area contributed by atoms with Gasteiger partial charge in [0.1, 0.15) is 23.9 Å². The predicted octanol–water partition coefficient (Wildman–Crippen LogP) is 5.31. The summed E-state index contributed by atoms with van der Waals surface area (Å²) in [6.45, 7) is 0.267. The second-order valence-electron chi connectivity index (χ2n) is 5.88. The van der Waals surface area contributed by atoms with Crippen molar-refractivity contribution in [2.75, 3.05) is 7.11 Å². The minimum atomic E-state index is -0.310. The number of allylic oxidation sites excluding steroid dienone is 1. The number of carbonyl (C=O) groups is 1. The SMILES string of the molecule is COc1ccc(C=CC(=O)c2ccccc2)cc1COc1ccc(F)cc1. The first kappa shape index (κ1) is 18.4. The molecule has 0 heterocycles.